The Morgan fingerprint density at radius 2 is 1.77 bits per heavy atom. The van der Waals surface area contributed by atoms with Crippen molar-refractivity contribution in [1.29, 1.82) is 5.26 Å². The van der Waals surface area contributed by atoms with Crippen molar-refractivity contribution in [3.05, 3.63) is 119 Å². The molecule has 1 aliphatic rings. The molecule has 0 saturated heterocycles. The zero-order chi connectivity index (χ0) is 36.5. The summed E-state index contributed by atoms with van der Waals surface area (Å²) in [6.45, 7) is 1.32. The Kier molecular flexibility index (Phi) is 8.88. The lowest BCUT2D eigenvalue weighted by Crippen LogP contribution is -2.32. The van der Waals surface area contributed by atoms with Crippen LogP contribution >= 0.6 is 22.7 Å². The first-order valence-corrected chi connectivity index (χ1v) is 18.0. The molecule has 0 spiro atoms. The molecule has 53 heavy (non-hydrogen) atoms. The maximum Gasteiger partial charge on any atom is 0.512 e. The number of aromatic amines is 1. The van der Waals surface area contributed by atoms with Crippen LogP contribution in [-0.2, 0) is 19.6 Å². The van der Waals surface area contributed by atoms with Crippen LogP contribution in [0.25, 0.3) is 31.9 Å². The molecule has 5 N–H and O–H groups in total. The predicted octanol–water partition coefficient (Wildman–Crippen LogP) is 7.71. The first-order chi connectivity index (χ1) is 25.8. The normalized spacial score (nSPS) is 12.2. The predicted molar refractivity (Wildman–Crippen MR) is 202 cm³/mol. The maximum atomic E-state index is 13.5. The Bertz CT molecular complexity index is 2500. The fourth-order valence-electron chi connectivity index (χ4n) is 6.13. The van der Waals surface area contributed by atoms with Crippen LogP contribution in [0.4, 0.5) is 20.9 Å². The number of nitrogens with zero attached hydrogens (tertiary/aromatic N) is 5. The van der Waals surface area contributed by atoms with Crippen molar-refractivity contribution in [2.45, 2.75) is 19.6 Å². The Balaban J connectivity index is 0.974. The van der Waals surface area contributed by atoms with E-state index in [0.29, 0.717) is 57.2 Å². The van der Waals surface area contributed by atoms with E-state index in [2.05, 4.69) is 31.6 Å². The number of ether oxygens (including phenoxy) is 2. The van der Waals surface area contributed by atoms with Crippen molar-refractivity contribution in [3.63, 3.8) is 0 Å². The second-order valence-corrected chi connectivity index (χ2v) is 14.0. The molecular weight excluding hydrogens is 713 g/mol. The molecule has 13 nitrogen and oxygen atoms in total. The monoisotopic (exact) mass is 740 g/mol. The highest BCUT2D eigenvalue weighted by Gasteiger charge is 2.27. The van der Waals surface area contributed by atoms with E-state index in [9.17, 15) is 20.0 Å². The molecule has 0 radical (unpaired) electrons. The van der Waals surface area contributed by atoms with Crippen LogP contribution in [-0.4, -0.2) is 43.9 Å². The summed E-state index contributed by atoms with van der Waals surface area (Å²) < 4.78 is 12.1. The van der Waals surface area contributed by atoms with E-state index in [1.54, 1.807) is 18.2 Å². The topological polar surface area (TPSA) is 192 Å². The number of hydrogen-bond acceptors (Lipinski definition) is 12. The molecule has 0 saturated carbocycles. The lowest BCUT2D eigenvalue weighted by molar-refractivity contribution is 0.102. The molecule has 8 rings (SSSR count). The van der Waals surface area contributed by atoms with Gasteiger partial charge in [-0.2, -0.15) is 15.3 Å². The number of fused-ring (bicyclic) bond motifs is 2. The lowest BCUT2D eigenvalue weighted by Gasteiger charge is -2.29. The number of para-hydroxylation sites is 1. The minimum Gasteiger partial charge on any atom is -0.489 e. The number of amides is 1. The van der Waals surface area contributed by atoms with Gasteiger partial charge < -0.3 is 25.2 Å². The SMILES string of the molecule is N#Cc1c(N)n[nH]c1-c1ccc(OCc2ccc(-c3sc(N4CCc5cccc(C(=O)Nc6nc7ccccc7s6)c5C4)nc3OC(=O)O)cc2)cc1. The fraction of sp³-hybridized carbons (Fsp3) is 0.105. The molecule has 1 aliphatic heterocycles. The van der Waals surface area contributed by atoms with Crippen LogP contribution in [0, 0.1) is 11.3 Å². The van der Waals surface area contributed by atoms with E-state index < -0.39 is 6.16 Å². The average Bonchev–Trinajstić information content (AvgIpc) is 3.89. The van der Waals surface area contributed by atoms with E-state index in [4.69, 9.17) is 15.2 Å². The van der Waals surface area contributed by atoms with Crippen LogP contribution in [0.3, 0.4) is 0 Å². The van der Waals surface area contributed by atoms with Gasteiger partial charge >= 0.3 is 6.16 Å². The van der Waals surface area contributed by atoms with Crippen molar-refractivity contribution in [2.75, 3.05) is 22.5 Å². The van der Waals surface area contributed by atoms with Gasteiger partial charge in [0, 0.05) is 24.2 Å². The van der Waals surface area contributed by atoms with E-state index in [1.807, 2.05) is 77.7 Å². The minimum absolute atomic E-state index is 0.00664. The van der Waals surface area contributed by atoms with Gasteiger partial charge in [0.2, 0.25) is 5.88 Å². The third-order valence-electron chi connectivity index (χ3n) is 8.74. The van der Waals surface area contributed by atoms with Crippen LogP contribution in [0.5, 0.6) is 11.6 Å². The molecule has 15 heteroatoms. The van der Waals surface area contributed by atoms with Crippen molar-refractivity contribution in [3.8, 4) is 39.4 Å². The van der Waals surface area contributed by atoms with Crippen molar-refractivity contribution >= 4 is 61.0 Å². The molecule has 0 unspecified atom stereocenters. The van der Waals surface area contributed by atoms with Gasteiger partial charge in [-0.3, -0.25) is 15.2 Å². The number of H-pyrrole nitrogens is 1. The number of anilines is 3. The van der Waals surface area contributed by atoms with Crippen LogP contribution in [0.15, 0.2) is 91.0 Å². The van der Waals surface area contributed by atoms with Crippen LogP contribution in [0.1, 0.15) is 32.6 Å². The maximum absolute atomic E-state index is 13.5. The molecule has 0 atom stereocenters. The smallest absolute Gasteiger partial charge is 0.489 e. The third kappa shape index (κ3) is 6.84. The molecule has 4 heterocycles. The Morgan fingerprint density at radius 3 is 2.55 bits per heavy atom. The highest BCUT2D eigenvalue weighted by molar-refractivity contribution is 7.22. The number of nitrogens with two attached hydrogens (primary N) is 1. The van der Waals surface area contributed by atoms with Gasteiger partial charge in [0.1, 0.15) is 28.9 Å². The molecule has 1 amide bonds. The molecule has 0 fully saturated rings. The number of nitrogen functional groups attached to an aromatic ring is 1. The van der Waals surface area contributed by atoms with E-state index >= 15 is 0 Å². The first kappa shape index (κ1) is 33.4. The zero-order valence-electron chi connectivity index (χ0n) is 27.7. The first-order valence-electron chi connectivity index (χ1n) is 16.3. The van der Waals surface area contributed by atoms with Gasteiger partial charge in [-0.15, -0.1) is 0 Å². The molecule has 7 aromatic rings. The quantitative estimate of drug-likeness (QED) is 0.106. The fourth-order valence-corrected chi connectivity index (χ4v) is 8.01. The molecule has 262 valence electrons. The Labute approximate surface area is 309 Å². The van der Waals surface area contributed by atoms with Gasteiger partial charge in [0.15, 0.2) is 16.1 Å². The number of carboxylic acid groups (broad SMARTS) is 1. The molecular formula is C38H28N8O5S2. The molecule has 0 bridgehead atoms. The number of aromatic nitrogens is 4. The van der Waals surface area contributed by atoms with Gasteiger partial charge in [0.05, 0.1) is 15.9 Å². The average molecular weight is 741 g/mol. The number of rotatable bonds is 9. The molecule has 4 aromatic carbocycles. The van der Waals surface area contributed by atoms with Crippen LogP contribution in [0.2, 0.25) is 0 Å². The largest absolute Gasteiger partial charge is 0.512 e. The Morgan fingerprint density at radius 1 is 0.981 bits per heavy atom. The van der Waals surface area contributed by atoms with E-state index in [1.165, 1.54) is 22.7 Å². The minimum atomic E-state index is -1.46. The number of nitrogens with one attached hydrogen (secondary N) is 2. The number of carbonyl (C=O) groups is 2. The number of thiazole rings is 2. The number of nitriles is 1. The van der Waals surface area contributed by atoms with Crippen LogP contribution < -0.4 is 25.4 Å². The van der Waals surface area contributed by atoms with Crippen molar-refractivity contribution in [1.82, 2.24) is 20.2 Å². The standard InChI is InChI=1S/C38H28N8O5S2/c39-18-27-31(44-45-33(27)40)23-12-14-25(15-13-23)50-20-21-8-10-24(11-9-21)32-35(51-38(48)49)43-37(53-32)46-17-16-22-4-3-5-26(28(22)19-46)34(47)42-36-41-29-6-1-2-7-30(29)52-36/h1-15H,16-17,19-20H2,(H,48,49)(H3,40,44,45)(H,41,42,47). The Hall–Kier alpha value is -6.76. The summed E-state index contributed by atoms with van der Waals surface area (Å²) in [4.78, 5) is 37.0. The third-order valence-corrected chi connectivity index (χ3v) is 10.8. The summed E-state index contributed by atoms with van der Waals surface area (Å²) in [5.41, 5.74) is 12.3. The summed E-state index contributed by atoms with van der Waals surface area (Å²) in [5.74, 6) is 0.533. The highest BCUT2D eigenvalue weighted by atomic mass is 32.1. The van der Waals surface area contributed by atoms with Gasteiger partial charge in [0.25, 0.3) is 5.91 Å². The number of benzene rings is 4. The summed E-state index contributed by atoms with van der Waals surface area (Å²) in [6, 6.07) is 30.3. The van der Waals surface area contributed by atoms with E-state index in [-0.39, 0.29) is 24.2 Å². The summed E-state index contributed by atoms with van der Waals surface area (Å²) in [5, 5.41) is 29.7. The summed E-state index contributed by atoms with van der Waals surface area (Å²) in [7, 11) is 0. The van der Waals surface area contributed by atoms with Gasteiger partial charge in [-0.1, -0.05) is 71.2 Å². The van der Waals surface area contributed by atoms with E-state index in [0.717, 1.165) is 38.0 Å². The van der Waals surface area contributed by atoms with Crippen molar-refractivity contribution in [2.24, 2.45) is 0 Å². The number of carbonyl (C=O) groups excluding carboxylic acids is 1. The van der Waals surface area contributed by atoms with Gasteiger partial charge in [-0.25, -0.2) is 9.78 Å². The highest BCUT2D eigenvalue weighted by Crippen LogP contribution is 2.41. The van der Waals surface area contributed by atoms with Gasteiger partial charge in [-0.05, 0) is 71.1 Å². The summed E-state index contributed by atoms with van der Waals surface area (Å²) in [6.07, 6.45) is -0.783. The lowest BCUT2D eigenvalue weighted by atomic mass is 9.94. The molecule has 3 aromatic heterocycles. The second kappa shape index (κ2) is 14.1. The zero-order valence-corrected chi connectivity index (χ0v) is 29.3. The molecule has 0 aliphatic carbocycles. The second-order valence-electron chi connectivity index (χ2n) is 12.0. The number of hydrogen-bond donors (Lipinski definition) is 4. The summed E-state index contributed by atoms with van der Waals surface area (Å²) >= 11 is 2.75. The van der Waals surface area contributed by atoms with Crippen molar-refractivity contribution < 1.29 is 24.2 Å².